The minimum absolute atomic E-state index is 0.116. The van der Waals surface area contributed by atoms with Crippen LogP contribution in [0.4, 0.5) is 0 Å². The van der Waals surface area contributed by atoms with Crippen LogP contribution in [0.5, 0.6) is 0 Å². The number of aromatic nitrogens is 2. The normalized spacial score (nSPS) is 10.9. The first-order chi connectivity index (χ1) is 6.52. The monoisotopic (exact) mass is 259 g/mol. The molecular weight excluding hydrogens is 246 g/mol. The Morgan fingerprint density at radius 2 is 2.29 bits per heavy atom. The van der Waals surface area contributed by atoms with E-state index in [1.807, 2.05) is 19.0 Å². The van der Waals surface area contributed by atoms with Crippen molar-refractivity contribution in [3.8, 4) is 0 Å². The molecule has 78 valence electrons. The Bertz CT molecular complexity index is 313. The maximum atomic E-state index is 11.7. The molecule has 0 spiro atoms. The van der Waals surface area contributed by atoms with Crippen molar-refractivity contribution >= 4 is 21.7 Å². The van der Waals surface area contributed by atoms with Crippen LogP contribution in [-0.2, 0) is 7.05 Å². The smallest absolute Gasteiger partial charge is 0.183 e. The fourth-order valence-corrected chi connectivity index (χ4v) is 1.74. The van der Waals surface area contributed by atoms with Crippen molar-refractivity contribution in [1.82, 2.24) is 14.7 Å². The first-order valence-corrected chi connectivity index (χ1v) is 5.17. The van der Waals surface area contributed by atoms with Gasteiger partial charge in [0.2, 0.25) is 0 Å². The minimum atomic E-state index is 0.116. The highest BCUT2D eigenvalue weighted by atomic mass is 79.9. The molecule has 0 fully saturated rings. The molecule has 0 atom stereocenters. The molecule has 0 saturated carbocycles. The molecule has 1 aromatic heterocycles. The predicted molar refractivity (Wildman–Crippen MR) is 58.4 cm³/mol. The van der Waals surface area contributed by atoms with Crippen LogP contribution in [0.2, 0.25) is 0 Å². The molecule has 0 radical (unpaired) electrons. The summed E-state index contributed by atoms with van der Waals surface area (Å²) in [4.78, 5) is 13.7. The molecule has 0 aliphatic rings. The van der Waals surface area contributed by atoms with Crippen molar-refractivity contribution < 1.29 is 4.79 Å². The standard InChI is InChI=1S/C9H14BrN3O/c1-12(2)5-4-8(14)9-7(10)6-11-13(9)3/h6H,4-5H2,1-3H3. The summed E-state index contributed by atoms with van der Waals surface area (Å²) in [5.41, 5.74) is 0.645. The molecule has 0 saturated heterocycles. The lowest BCUT2D eigenvalue weighted by Gasteiger charge is -2.08. The van der Waals surface area contributed by atoms with Crippen LogP contribution in [0, 0.1) is 0 Å². The predicted octanol–water partition coefficient (Wildman–Crippen LogP) is 1.32. The van der Waals surface area contributed by atoms with E-state index in [0.717, 1.165) is 11.0 Å². The molecule has 4 nitrogen and oxygen atoms in total. The van der Waals surface area contributed by atoms with E-state index in [2.05, 4.69) is 21.0 Å². The topological polar surface area (TPSA) is 38.1 Å². The van der Waals surface area contributed by atoms with E-state index < -0.39 is 0 Å². The van der Waals surface area contributed by atoms with Gasteiger partial charge < -0.3 is 4.90 Å². The fraction of sp³-hybridized carbons (Fsp3) is 0.556. The fourth-order valence-electron chi connectivity index (χ4n) is 1.17. The molecule has 0 unspecified atom stereocenters. The molecule has 1 aromatic rings. The number of Topliss-reactive ketones (excluding diaryl/α,β-unsaturated/α-hetero) is 1. The summed E-state index contributed by atoms with van der Waals surface area (Å²) >= 11 is 3.31. The zero-order valence-corrected chi connectivity index (χ0v) is 10.2. The lowest BCUT2D eigenvalue weighted by atomic mass is 10.2. The van der Waals surface area contributed by atoms with Gasteiger partial charge in [-0.25, -0.2) is 0 Å². The third-order valence-electron chi connectivity index (χ3n) is 1.94. The van der Waals surface area contributed by atoms with Gasteiger partial charge in [0.15, 0.2) is 5.78 Å². The van der Waals surface area contributed by atoms with E-state index in [0.29, 0.717) is 12.1 Å². The summed E-state index contributed by atoms with van der Waals surface area (Å²) < 4.78 is 2.37. The minimum Gasteiger partial charge on any atom is -0.309 e. The van der Waals surface area contributed by atoms with E-state index >= 15 is 0 Å². The second-order valence-electron chi connectivity index (χ2n) is 3.44. The van der Waals surface area contributed by atoms with Crippen LogP contribution in [0.1, 0.15) is 16.9 Å². The second kappa shape index (κ2) is 4.70. The maximum absolute atomic E-state index is 11.7. The van der Waals surface area contributed by atoms with Crippen LogP contribution in [0.25, 0.3) is 0 Å². The molecule has 1 heterocycles. The van der Waals surface area contributed by atoms with Gasteiger partial charge in [0, 0.05) is 20.0 Å². The van der Waals surface area contributed by atoms with Gasteiger partial charge in [0.1, 0.15) is 5.69 Å². The van der Waals surface area contributed by atoms with Crippen molar-refractivity contribution in [2.24, 2.45) is 7.05 Å². The average Bonchev–Trinajstić information content (AvgIpc) is 2.42. The molecule has 14 heavy (non-hydrogen) atoms. The number of carbonyl (C=O) groups is 1. The zero-order valence-electron chi connectivity index (χ0n) is 8.62. The maximum Gasteiger partial charge on any atom is 0.183 e. The number of aryl methyl sites for hydroxylation is 1. The van der Waals surface area contributed by atoms with Crippen LogP contribution < -0.4 is 0 Å². The highest BCUT2D eigenvalue weighted by Crippen LogP contribution is 2.16. The van der Waals surface area contributed by atoms with Crippen molar-refractivity contribution in [1.29, 1.82) is 0 Å². The van der Waals surface area contributed by atoms with Gasteiger partial charge in [-0.2, -0.15) is 5.10 Å². The average molecular weight is 260 g/mol. The second-order valence-corrected chi connectivity index (χ2v) is 4.30. The third kappa shape index (κ3) is 2.65. The summed E-state index contributed by atoms with van der Waals surface area (Å²) in [5, 5.41) is 4.00. The lowest BCUT2D eigenvalue weighted by molar-refractivity contribution is 0.0962. The van der Waals surface area contributed by atoms with Gasteiger partial charge in [0.25, 0.3) is 0 Å². The van der Waals surface area contributed by atoms with Crippen molar-refractivity contribution in [3.63, 3.8) is 0 Å². The molecule has 0 aliphatic heterocycles. The summed E-state index contributed by atoms with van der Waals surface area (Å²) in [6.45, 7) is 0.760. The Morgan fingerprint density at radius 3 is 2.71 bits per heavy atom. The van der Waals surface area contributed by atoms with Crippen molar-refractivity contribution in [2.45, 2.75) is 6.42 Å². The van der Waals surface area contributed by atoms with Gasteiger partial charge in [-0.1, -0.05) is 0 Å². The van der Waals surface area contributed by atoms with Gasteiger partial charge in [-0.3, -0.25) is 9.48 Å². The van der Waals surface area contributed by atoms with E-state index in [4.69, 9.17) is 0 Å². The van der Waals surface area contributed by atoms with Crippen LogP contribution >= 0.6 is 15.9 Å². The number of rotatable bonds is 4. The highest BCUT2D eigenvalue weighted by molar-refractivity contribution is 9.10. The molecule has 0 aromatic carbocycles. The number of hydrogen-bond acceptors (Lipinski definition) is 3. The van der Waals surface area contributed by atoms with Gasteiger partial charge in [0.05, 0.1) is 10.7 Å². The van der Waals surface area contributed by atoms with Gasteiger partial charge in [-0.05, 0) is 30.0 Å². The Labute approximate surface area is 92.0 Å². The van der Waals surface area contributed by atoms with E-state index in [9.17, 15) is 4.79 Å². The molecule has 5 heteroatoms. The SMILES string of the molecule is CN(C)CCC(=O)c1c(Br)cnn1C. The first-order valence-electron chi connectivity index (χ1n) is 4.38. The first kappa shape index (κ1) is 11.4. The van der Waals surface area contributed by atoms with Gasteiger partial charge in [-0.15, -0.1) is 0 Å². The Balaban J connectivity index is 2.70. The highest BCUT2D eigenvalue weighted by Gasteiger charge is 2.14. The molecular formula is C9H14BrN3O. The summed E-state index contributed by atoms with van der Waals surface area (Å²) in [7, 11) is 5.67. The Hall–Kier alpha value is -0.680. The van der Waals surface area contributed by atoms with Crippen LogP contribution in [0.15, 0.2) is 10.7 Å². The molecule has 0 aliphatic carbocycles. The summed E-state index contributed by atoms with van der Waals surface area (Å²) in [6, 6.07) is 0. The number of hydrogen-bond donors (Lipinski definition) is 0. The Morgan fingerprint density at radius 1 is 1.64 bits per heavy atom. The molecule has 1 rings (SSSR count). The van der Waals surface area contributed by atoms with Crippen LogP contribution in [-0.4, -0.2) is 41.1 Å². The van der Waals surface area contributed by atoms with Crippen molar-refractivity contribution in [2.75, 3.05) is 20.6 Å². The van der Waals surface area contributed by atoms with E-state index in [1.165, 1.54) is 0 Å². The number of halogens is 1. The quantitative estimate of drug-likeness (QED) is 0.766. The number of carbonyl (C=O) groups excluding carboxylic acids is 1. The van der Waals surface area contributed by atoms with Crippen molar-refractivity contribution in [3.05, 3.63) is 16.4 Å². The third-order valence-corrected chi connectivity index (χ3v) is 2.52. The number of nitrogens with zero attached hydrogens (tertiary/aromatic N) is 3. The zero-order chi connectivity index (χ0) is 10.7. The van der Waals surface area contributed by atoms with Gasteiger partial charge >= 0.3 is 0 Å². The summed E-state index contributed by atoms with van der Waals surface area (Å²) in [5.74, 6) is 0.116. The van der Waals surface area contributed by atoms with E-state index in [-0.39, 0.29) is 5.78 Å². The number of ketones is 1. The molecule has 0 bridgehead atoms. The largest absolute Gasteiger partial charge is 0.309 e. The Kier molecular flexibility index (Phi) is 3.83. The lowest BCUT2D eigenvalue weighted by Crippen LogP contribution is -2.18. The van der Waals surface area contributed by atoms with E-state index in [1.54, 1.807) is 17.9 Å². The molecule has 0 N–H and O–H groups in total. The molecule has 0 amide bonds. The summed E-state index contributed by atoms with van der Waals surface area (Å²) in [6.07, 6.45) is 2.16. The van der Waals surface area contributed by atoms with Crippen LogP contribution in [0.3, 0.4) is 0 Å².